The van der Waals surface area contributed by atoms with Crippen molar-refractivity contribution in [1.29, 1.82) is 0 Å². The van der Waals surface area contributed by atoms with Gasteiger partial charge in [-0.2, -0.15) is 4.79 Å². The highest BCUT2D eigenvalue weighted by atomic mass is 16.5. The van der Waals surface area contributed by atoms with Crippen molar-refractivity contribution in [1.82, 2.24) is 10.6 Å². The summed E-state index contributed by atoms with van der Waals surface area (Å²) in [6.45, 7) is 3.87. The molecule has 5 N–H and O–H groups in total. The zero-order chi connectivity index (χ0) is 20.8. The minimum absolute atomic E-state index is 0.0524. The number of nitrogens with one attached hydrogen (secondary N) is 2. The molecule has 2 unspecified atom stereocenters. The Morgan fingerprint density at radius 1 is 1.22 bits per heavy atom. The molecule has 0 aliphatic rings. The largest absolute Gasteiger partial charge is 0.480 e. The molecule has 11 heteroatoms. The van der Waals surface area contributed by atoms with Gasteiger partial charge in [0.25, 0.3) is 0 Å². The summed E-state index contributed by atoms with van der Waals surface area (Å²) in [5, 5.41) is 14.0. The van der Waals surface area contributed by atoms with Gasteiger partial charge in [0.05, 0.1) is 6.61 Å². The Kier molecular flexibility index (Phi) is 12.2. The van der Waals surface area contributed by atoms with E-state index in [0.717, 1.165) is 0 Å². The lowest BCUT2D eigenvalue weighted by molar-refractivity contribution is -0.142. The Hall–Kier alpha value is -2.62. The predicted octanol–water partition coefficient (Wildman–Crippen LogP) is -1.29. The van der Waals surface area contributed by atoms with Crippen LogP contribution in [0.1, 0.15) is 33.1 Å². The summed E-state index contributed by atoms with van der Waals surface area (Å²) in [5.74, 6) is -3.05. The van der Waals surface area contributed by atoms with Crippen LogP contribution in [0.3, 0.4) is 0 Å². The Bertz CT molecular complexity index is 574. The van der Waals surface area contributed by atoms with Crippen molar-refractivity contribution in [2.45, 2.75) is 45.2 Å². The number of hydrogen-bond donors (Lipinski definition) is 4. The number of aliphatic carboxylic acids is 1. The van der Waals surface area contributed by atoms with E-state index < -0.39 is 35.7 Å². The molecule has 0 saturated heterocycles. The monoisotopic (exact) mass is 385 g/mol. The van der Waals surface area contributed by atoms with Crippen molar-refractivity contribution in [3.8, 4) is 0 Å². The van der Waals surface area contributed by atoms with Crippen LogP contribution in [0.15, 0.2) is 0 Å². The van der Waals surface area contributed by atoms with Gasteiger partial charge in [0.2, 0.25) is 17.6 Å². The van der Waals surface area contributed by atoms with E-state index in [1.807, 2.05) is 13.8 Å². The Morgan fingerprint density at radius 2 is 1.89 bits per heavy atom. The predicted molar refractivity (Wildman–Crippen MR) is 94.8 cm³/mol. The molecule has 0 saturated carbocycles. The van der Waals surface area contributed by atoms with Gasteiger partial charge in [0.15, 0.2) is 0 Å². The summed E-state index contributed by atoms with van der Waals surface area (Å²) in [4.78, 5) is 49.5. The number of carboxylic acids is 1. The number of carbonyl (C=O) groups is 4. The summed E-state index contributed by atoms with van der Waals surface area (Å²) >= 11 is 0. The first-order valence-corrected chi connectivity index (χ1v) is 8.51. The fraction of sp³-hybridized carbons (Fsp3) is 0.688. The molecule has 0 aliphatic carbocycles. The summed E-state index contributed by atoms with van der Waals surface area (Å²) < 4.78 is 5.00. The molecule has 0 aromatic carbocycles. The molecule has 0 heterocycles. The zero-order valence-electron chi connectivity index (χ0n) is 15.5. The first-order valence-electron chi connectivity index (χ1n) is 8.51. The second-order valence-corrected chi connectivity index (χ2v) is 6.24. The van der Waals surface area contributed by atoms with E-state index >= 15 is 0 Å². The average Bonchev–Trinajstić information content (AvgIpc) is 2.57. The normalized spacial score (nSPS) is 12.6. The van der Waals surface area contributed by atoms with Crippen LogP contribution in [-0.4, -0.2) is 71.5 Å². The van der Waals surface area contributed by atoms with Crippen LogP contribution in [0.2, 0.25) is 0 Å². The number of nitrogens with two attached hydrogens (primary N) is 1. The van der Waals surface area contributed by atoms with E-state index in [0.29, 0.717) is 6.21 Å². The number of rotatable bonds is 14. The van der Waals surface area contributed by atoms with Crippen LogP contribution in [0.25, 0.3) is 5.53 Å². The van der Waals surface area contributed by atoms with Crippen molar-refractivity contribution in [3.63, 3.8) is 0 Å². The second-order valence-electron chi connectivity index (χ2n) is 6.24. The molecule has 2 amide bonds. The molecule has 0 bridgehead atoms. The number of ether oxygens (including phenoxy) is 1. The smallest absolute Gasteiger partial charge is 0.326 e. The van der Waals surface area contributed by atoms with Gasteiger partial charge in [-0.3, -0.25) is 14.4 Å². The fourth-order valence-corrected chi connectivity index (χ4v) is 2.13. The number of amides is 2. The van der Waals surface area contributed by atoms with E-state index in [-0.39, 0.29) is 44.9 Å². The van der Waals surface area contributed by atoms with Crippen LogP contribution in [0.5, 0.6) is 0 Å². The number of hydrogen-bond acceptors (Lipinski definition) is 6. The molecule has 27 heavy (non-hydrogen) atoms. The molecular weight excluding hydrogens is 358 g/mol. The molecule has 0 aliphatic heterocycles. The van der Waals surface area contributed by atoms with Gasteiger partial charge >= 0.3 is 12.2 Å². The quantitative estimate of drug-likeness (QED) is 0.124. The Labute approximate surface area is 157 Å². The van der Waals surface area contributed by atoms with Gasteiger partial charge in [-0.25, -0.2) is 4.79 Å². The molecule has 0 radical (unpaired) electrons. The van der Waals surface area contributed by atoms with Crippen molar-refractivity contribution in [2.75, 3.05) is 19.8 Å². The summed E-state index contributed by atoms with van der Waals surface area (Å²) in [6.07, 6.45) is 0.532. The van der Waals surface area contributed by atoms with Crippen molar-refractivity contribution < 1.29 is 33.8 Å². The number of ketones is 1. The standard InChI is InChI=1S/C16H27N5O6/c1-10(2)7-13(20-14(23)9-27-6-5-17)15(24)21-12(16(25)26)4-3-11(22)8-19-18/h8,10,12-13H,3-7,9,17H2,1-2H3,(H,20,23)(H,21,24)(H,25,26). The van der Waals surface area contributed by atoms with Crippen LogP contribution >= 0.6 is 0 Å². The van der Waals surface area contributed by atoms with Crippen LogP contribution < -0.4 is 16.4 Å². The molecule has 0 aromatic heterocycles. The van der Waals surface area contributed by atoms with Crippen molar-refractivity contribution >= 4 is 29.8 Å². The van der Waals surface area contributed by atoms with Gasteiger partial charge in [-0.1, -0.05) is 13.8 Å². The van der Waals surface area contributed by atoms with Gasteiger partial charge in [0, 0.05) is 13.0 Å². The maximum Gasteiger partial charge on any atom is 0.326 e. The third-order valence-electron chi connectivity index (χ3n) is 3.35. The first kappa shape index (κ1) is 24.4. The lowest BCUT2D eigenvalue weighted by Gasteiger charge is -2.22. The Morgan fingerprint density at radius 3 is 2.41 bits per heavy atom. The fourth-order valence-electron chi connectivity index (χ4n) is 2.13. The molecular formula is C16H27N5O6. The average molecular weight is 385 g/mol. The van der Waals surface area contributed by atoms with E-state index in [9.17, 15) is 24.3 Å². The van der Waals surface area contributed by atoms with E-state index in [1.165, 1.54) is 0 Å². The van der Waals surface area contributed by atoms with Gasteiger partial charge in [-0.15, -0.1) is 0 Å². The first-order chi connectivity index (χ1) is 12.7. The summed E-state index contributed by atoms with van der Waals surface area (Å²) in [7, 11) is 0. The number of carbonyl (C=O) groups excluding carboxylic acids is 3. The maximum absolute atomic E-state index is 12.4. The Balaban J connectivity index is 4.90. The van der Waals surface area contributed by atoms with Gasteiger partial charge < -0.3 is 31.7 Å². The molecule has 2 atom stereocenters. The second kappa shape index (κ2) is 13.6. The molecule has 0 aromatic rings. The number of nitrogens with zero attached hydrogens (tertiary/aromatic N) is 2. The summed E-state index contributed by atoms with van der Waals surface area (Å²) in [6, 6.07) is -2.27. The third kappa shape index (κ3) is 11.6. The minimum atomic E-state index is -1.33. The lowest BCUT2D eigenvalue weighted by atomic mass is 10.0. The SMILES string of the molecule is CC(C)CC(NC(=O)COCCN)C(=O)NC(CCC(=O)C=[N+]=[N-])C(=O)O. The number of Topliss-reactive ketones (excluding diaryl/α,β-unsaturated/α-hetero) is 1. The topological polar surface area (TPSA) is 184 Å². The minimum Gasteiger partial charge on any atom is -0.480 e. The number of carboxylic acid groups (broad SMARTS) is 1. The van der Waals surface area contributed by atoms with Gasteiger partial charge in [-0.05, 0) is 18.8 Å². The molecule has 11 nitrogen and oxygen atoms in total. The van der Waals surface area contributed by atoms with Crippen LogP contribution in [0, 0.1) is 5.92 Å². The molecule has 0 fully saturated rings. The maximum atomic E-state index is 12.4. The van der Waals surface area contributed by atoms with E-state index in [2.05, 4.69) is 15.4 Å². The lowest BCUT2D eigenvalue weighted by Crippen LogP contribution is -2.52. The highest BCUT2D eigenvalue weighted by Crippen LogP contribution is 2.07. The van der Waals surface area contributed by atoms with Crippen molar-refractivity contribution in [3.05, 3.63) is 5.53 Å². The third-order valence-corrected chi connectivity index (χ3v) is 3.35. The highest BCUT2D eigenvalue weighted by molar-refractivity contribution is 6.25. The van der Waals surface area contributed by atoms with E-state index in [1.54, 1.807) is 0 Å². The summed E-state index contributed by atoms with van der Waals surface area (Å²) in [5.41, 5.74) is 13.5. The molecule has 0 rings (SSSR count). The highest BCUT2D eigenvalue weighted by Gasteiger charge is 2.27. The van der Waals surface area contributed by atoms with Crippen LogP contribution in [-0.2, 0) is 23.9 Å². The zero-order valence-corrected chi connectivity index (χ0v) is 15.5. The van der Waals surface area contributed by atoms with Crippen molar-refractivity contribution in [2.24, 2.45) is 11.7 Å². The molecule has 0 spiro atoms. The van der Waals surface area contributed by atoms with Crippen LogP contribution in [0.4, 0.5) is 0 Å². The van der Waals surface area contributed by atoms with Gasteiger partial charge in [0.1, 0.15) is 18.7 Å². The van der Waals surface area contributed by atoms with E-state index in [4.69, 9.17) is 16.0 Å². The molecule has 152 valence electrons.